The fourth-order valence-corrected chi connectivity index (χ4v) is 2.77. The summed E-state index contributed by atoms with van der Waals surface area (Å²) in [5.41, 5.74) is 1.36. The van der Waals surface area contributed by atoms with Crippen LogP contribution < -0.4 is 16.0 Å². The van der Waals surface area contributed by atoms with E-state index in [0.29, 0.717) is 17.1 Å². The lowest BCUT2D eigenvalue weighted by molar-refractivity contribution is -0.119. The van der Waals surface area contributed by atoms with Gasteiger partial charge in [-0.05, 0) is 43.7 Å². The SMILES string of the molecule is CC1(C)C(=O)Nc2cc(C(=O)NCCC(=O)Nc3ccccn3)ccc21. The van der Waals surface area contributed by atoms with Gasteiger partial charge in [-0.25, -0.2) is 4.98 Å². The zero-order chi connectivity index (χ0) is 18.7. The molecule has 26 heavy (non-hydrogen) atoms. The van der Waals surface area contributed by atoms with Gasteiger partial charge in [0.05, 0.1) is 5.41 Å². The maximum Gasteiger partial charge on any atom is 0.251 e. The monoisotopic (exact) mass is 352 g/mol. The molecule has 0 aliphatic carbocycles. The minimum atomic E-state index is -0.603. The summed E-state index contributed by atoms with van der Waals surface area (Å²) in [6.07, 6.45) is 1.72. The second-order valence-electron chi connectivity index (χ2n) is 6.61. The van der Waals surface area contributed by atoms with E-state index in [1.807, 2.05) is 13.8 Å². The molecule has 0 spiro atoms. The third kappa shape index (κ3) is 3.56. The first-order valence-electron chi connectivity index (χ1n) is 8.33. The van der Waals surface area contributed by atoms with Gasteiger partial charge in [-0.2, -0.15) is 0 Å². The second kappa shape index (κ2) is 6.95. The molecule has 3 N–H and O–H groups in total. The molecule has 134 valence electrons. The van der Waals surface area contributed by atoms with Crippen LogP contribution in [0.25, 0.3) is 0 Å². The van der Waals surface area contributed by atoms with E-state index in [-0.39, 0.29) is 30.7 Å². The number of anilines is 2. The number of carbonyl (C=O) groups excluding carboxylic acids is 3. The summed E-state index contributed by atoms with van der Waals surface area (Å²) in [6.45, 7) is 3.88. The highest BCUT2D eigenvalue weighted by atomic mass is 16.2. The highest BCUT2D eigenvalue weighted by Crippen LogP contribution is 2.37. The molecule has 0 saturated heterocycles. The van der Waals surface area contributed by atoms with E-state index in [4.69, 9.17) is 0 Å². The molecule has 0 saturated carbocycles. The molecule has 3 rings (SSSR count). The van der Waals surface area contributed by atoms with Gasteiger partial charge in [0.15, 0.2) is 0 Å². The van der Waals surface area contributed by atoms with Crippen LogP contribution in [0.5, 0.6) is 0 Å². The van der Waals surface area contributed by atoms with Crippen LogP contribution in [-0.2, 0) is 15.0 Å². The van der Waals surface area contributed by atoms with E-state index in [1.165, 1.54) is 0 Å². The summed E-state index contributed by atoms with van der Waals surface area (Å²) in [4.78, 5) is 40.1. The van der Waals surface area contributed by atoms with E-state index < -0.39 is 5.41 Å². The Bertz CT molecular complexity index is 862. The van der Waals surface area contributed by atoms with E-state index in [2.05, 4.69) is 20.9 Å². The zero-order valence-electron chi connectivity index (χ0n) is 14.6. The van der Waals surface area contributed by atoms with E-state index in [9.17, 15) is 14.4 Å². The number of nitrogens with one attached hydrogen (secondary N) is 3. The first-order chi connectivity index (χ1) is 12.4. The number of nitrogens with zero attached hydrogens (tertiary/aromatic N) is 1. The van der Waals surface area contributed by atoms with Crippen molar-refractivity contribution in [2.45, 2.75) is 25.7 Å². The van der Waals surface area contributed by atoms with Gasteiger partial charge in [-0.3, -0.25) is 14.4 Å². The van der Waals surface area contributed by atoms with Crippen LogP contribution in [0.15, 0.2) is 42.6 Å². The van der Waals surface area contributed by atoms with Crippen LogP contribution in [0.1, 0.15) is 36.2 Å². The van der Waals surface area contributed by atoms with Gasteiger partial charge in [0.2, 0.25) is 11.8 Å². The molecule has 0 fully saturated rings. The molecule has 2 aromatic rings. The maximum atomic E-state index is 12.3. The van der Waals surface area contributed by atoms with Gasteiger partial charge >= 0.3 is 0 Å². The number of pyridine rings is 1. The minimum absolute atomic E-state index is 0.0868. The first kappa shape index (κ1) is 17.6. The Kier molecular flexibility index (Phi) is 4.71. The molecule has 3 amide bonds. The van der Waals surface area contributed by atoms with Crippen LogP contribution in [-0.4, -0.2) is 29.3 Å². The topological polar surface area (TPSA) is 100 Å². The number of benzene rings is 1. The van der Waals surface area contributed by atoms with Gasteiger partial charge in [0.1, 0.15) is 5.82 Å². The number of rotatable bonds is 5. The highest BCUT2D eigenvalue weighted by molar-refractivity contribution is 6.07. The molecule has 1 aromatic heterocycles. The standard InChI is InChI=1S/C19H20N4O3/c1-19(2)13-7-6-12(11-14(13)22-18(19)26)17(25)21-10-8-16(24)23-15-5-3-4-9-20-15/h3-7,9,11H,8,10H2,1-2H3,(H,21,25)(H,22,26)(H,20,23,24). The van der Waals surface area contributed by atoms with E-state index >= 15 is 0 Å². The Morgan fingerprint density at radius 2 is 2.00 bits per heavy atom. The minimum Gasteiger partial charge on any atom is -0.352 e. The average Bonchev–Trinajstić information content (AvgIpc) is 2.84. The molecule has 0 radical (unpaired) electrons. The Balaban J connectivity index is 1.54. The third-order valence-corrected chi connectivity index (χ3v) is 4.34. The zero-order valence-corrected chi connectivity index (χ0v) is 14.6. The van der Waals surface area contributed by atoms with Crippen molar-refractivity contribution in [1.82, 2.24) is 10.3 Å². The quantitative estimate of drug-likeness (QED) is 0.767. The smallest absolute Gasteiger partial charge is 0.251 e. The van der Waals surface area contributed by atoms with Gasteiger partial charge in [0.25, 0.3) is 5.91 Å². The van der Waals surface area contributed by atoms with Crippen LogP contribution in [0.4, 0.5) is 11.5 Å². The number of aromatic nitrogens is 1. The molecule has 0 unspecified atom stereocenters. The van der Waals surface area contributed by atoms with Crippen molar-refractivity contribution in [2.75, 3.05) is 17.2 Å². The normalized spacial score (nSPS) is 14.3. The molecule has 2 heterocycles. The van der Waals surface area contributed by atoms with Crippen LogP contribution in [0.2, 0.25) is 0 Å². The summed E-state index contributed by atoms with van der Waals surface area (Å²) in [5.74, 6) is -0.138. The second-order valence-corrected chi connectivity index (χ2v) is 6.61. The van der Waals surface area contributed by atoms with Gasteiger partial charge in [-0.15, -0.1) is 0 Å². The van der Waals surface area contributed by atoms with Crippen LogP contribution in [0.3, 0.4) is 0 Å². The van der Waals surface area contributed by atoms with E-state index in [1.54, 1.807) is 42.6 Å². The predicted molar refractivity (Wildman–Crippen MR) is 97.9 cm³/mol. The van der Waals surface area contributed by atoms with Crippen molar-refractivity contribution in [2.24, 2.45) is 0 Å². The number of carbonyl (C=O) groups is 3. The predicted octanol–water partition coefficient (Wildman–Crippen LogP) is 2.07. The molecule has 0 atom stereocenters. The molecule has 1 aliphatic heterocycles. The van der Waals surface area contributed by atoms with Crippen LogP contribution in [0, 0.1) is 0 Å². The van der Waals surface area contributed by atoms with Crippen molar-refractivity contribution in [3.05, 3.63) is 53.7 Å². The van der Waals surface area contributed by atoms with E-state index in [0.717, 1.165) is 5.56 Å². The van der Waals surface area contributed by atoms with Crippen molar-refractivity contribution < 1.29 is 14.4 Å². The number of amides is 3. The third-order valence-electron chi connectivity index (χ3n) is 4.34. The maximum absolute atomic E-state index is 12.3. The number of hydrogen-bond donors (Lipinski definition) is 3. The molecular weight excluding hydrogens is 332 g/mol. The Labute approximate surface area is 151 Å². The Morgan fingerprint density at radius 1 is 1.19 bits per heavy atom. The summed E-state index contributed by atoms with van der Waals surface area (Å²) < 4.78 is 0. The van der Waals surface area contributed by atoms with Gasteiger partial charge < -0.3 is 16.0 Å². The fourth-order valence-electron chi connectivity index (χ4n) is 2.77. The van der Waals surface area contributed by atoms with Crippen molar-refractivity contribution in [1.29, 1.82) is 0 Å². The lowest BCUT2D eigenvalue weighted by Crippen LogP contribution is -2.28. The largest absolute Gasteiger partial charge is 0.352 e. The lowest BCUT2D eigenvalue weighted by atomic mass is 9.86. The molecule has 7 nitrogen and oxygen atoms in total. The molecule has 0 bridgehead atoms. The highest BCUT2D eigenvalue weighted by Gasteiger charge is 2.38. The molecule has 1 aliphatic rings. The lowest BCUT2D eigenvalue weighted by Gasteiger charge is -2.15. The molecular formula is C19H20N4O3. The van der Waals surface area contributed by atoms with Gasteiger partial charge in [0, 0.05) is 30.4 Å². The molecule has 1 aromatic carbocycles. The van der Waals surface area contributed by atoms with Crippen molar-refractivity contribution >= 4 is 29.2 Å². The van der Waals surface area contributed by atoms with Crippen molar-refractivity contribution in [3.8, 4) is 0 Å². The average molecular weight is 352 g/mol. The molecule has 7 heteroatoms. The summed E-state index contributed by atoms with van der Waals surface area (Å²) in [7, 11) is 0. The summed E-state index contributed by atoms with van der Waals surface area (Å²) in [5, 5.41) is 8.15. The van der Waals surface area contributed by atoms with Crippen LogP contribution >= 0.6 is 0 Å². The van der Waals surface area contributed by atoms with Crippen molar-refractivity contribution in [3.63, 3.8) is 0 Å². The fraction of sp³-hybridized carbons (Fsp3) is 0.263. The Hall–Kier alpha value is -3.22. The Morgan fingerprint density at radius 3 is 2.73 bits per heavy atom. The summed E-state index contributed by atoms with van der Waals surface area (Å²) >= 11 is 0. The first-order valence-corrected chi connectivity index (χ1v) is 8.33. The van der Waals surface area contributed by atoms with Gasteiger partial charge in [-0.1, -0.05) is 12.1 Å². The summed E-state index contributed by atoms with van der Waals surface area (Å²) in [6, 6.07) is 10.4. The number of hydrogen-bond acceptors (Lipinski definition) is 4. The number of fused-ring (bicyclic) bond motifs is 1.